The topological polar surface area (TPSA) is 52.6 Å². The number of fused-ring (bicyclic) bond motifs is 1. The van der Waals surface area contributed by atoms with Crippen LogP contribution in [-0.4, -0.2) is 72.0 Å². The SMILES string of the molecule is CC.CCCCCN1CCc2cnc(N3CCN(C=O)CC3)nc2CC1. The average Bonchev–Trinajstić information content (AvgIpc) is 2.92. The third-order valence-corrected chi connectivity index (χ3v) is 5.13. The molecule has 146 valence electrons. The highest BCUT2D eigenvalue weighted by Crippen LogP contribution is 2.18. The summed E-state index contributed by atoms with van der Waals surface area (Å²) in [4.78, 5) is 26.9. The summed E-state index contributed by atoms with van der Waals surface area (Å²) >= 11 is 0. The minimum Gasteiger partial charge on any atom is -0.342 e. The van der Waals surface area contributed by atoms with Gasteiger partial charge in [0.1, 0.15) is 0 Å². The van der Waals surface area contributed by atoms with Gasteiger partial charge in [0.05, 0.1) is 5.69 Å². The number of hydrogen-bond donors (Lipinski definition) is 0. The van der Waals surface area contributed by atoms with Crippen LogP contribution in [0, 0.1) is 0 Å². The molecule has 1 amide bonds. The van der Waals surface area contributed by atoms with E-state index in [0.29, 0.717) is 0 Å². The van der Waals surface area contributed by atoms with E-state index >= 15 is 0 Å². The standard InChI is InChI=1S/C18H29N5O.C2H6/c1-2-3-4-7-21-8-5-16-14-19-18(20-17(16)6-9-21)23-12-10-22(15-24)11-13-23;1-2/h14-15H,2-13H2,1H3;1-2H3. The molecular formula is C20H35N5O. The molecule has 1 saturated heterocycles. The van der Waals surface area contributed by atoms with E-state index in [-0.39, 0.29) is 0 Å². The van der Waals surface area contributed by atoms with Gasteiger partial charge in [-0.3, -0.25) is 4.79 Å². The van der Waals surface area contributed by atoms with Crippen LogP contribution in [0.2, 0.25) is 0 Å². The molecule has 0 bridgehead atoms. The second kappa shape index (κ2) is 11.1. The van der Waals surface area contributed by atoms with E-state index in [2.05, 4.69) is 21.7 Å². The maximum atomic E-state index is 10.8. The van der Waals surface area contributed by atoms with E-state index in [1.807, 2.05) is 24.9 Å². The lowest BCUT2D eigenvalue weighted by Crippen LogP contribution is -2.46. The predicted molar refractivity (Wildman–Crippen MR) is 107 cm³/mol. The summed E-state index contributed by atoms with van der Waals surface area (Å²) in [6.45, 7) is 12.8. The molecule has 6 heteroatoms. The number of amides is 1. The van der Waals surface area contributed by atoms with Crippen molar-refractivity contribution in [3.63, 3.8) is 0 Å². The van der Waals surface area contributed by atoms with Crippen LogP contribution in [0.1, 0.15) is 51.3 Å². The van der Waals surface area contributed by atoms with Gasteiger partial charge in [-0.05, 0) is 24.9 Å². The molecule has 1 aromatic heterocycles. The van der Waals surface area contributed by atoms with Crippen molar-refractivity contribution in [3.05, 3.63) is 17.5 Å². The second-order valence-electron chi connectivity index (χ2n) is 6.82. The molecule has 0 aromatic carbocycles. The van der Waals surface area contributed by atoms with Crippen molar-refractivity contribution < 1.29 is 4.79 Å². The Morgan fingerprint density at radius 3 is 2.46 bits per heavy atom. The molecule has 1 aromatic rings. The smallest absolute Gasteiger partial charge is 0.225 e. The fraction of sp³-hybridized carbons (Fsp3) is 0.750. The van der Waals surface area contributed by atoms with Gasteiger partial charge in [0.2, 0.25) is 12.4 Å². The fourth-order valence-corrected chi connectivity index (χ4v) is 3.50. The van der Waals surface area contributed by atoms with Crippen LogP contribution in [0.5, 0.6) is 0 Å². The van der Waals surface area contributed by atoms with Crippen molar-refractivity contribution in [2.75, 3.05) is 50.7 Å². The zero-order chi connectivity index (χ0) is 18.8. The molecule has 1 fully saturated rings. The quantitative estimate of drug-likeness (QED) is 0.575. The molecule has 0 saturated carbocycles. The molecule has 6 nitrogen and oxygen atoms in total. The molecule has 3 heterocycles. The largest absolute Gasteiger partial charge is 0.342 e. The third kappa shape index (κ3) is 5.66. The number of rotatable bonds is 6. The highest BCUT2D eigenvalue weighted by molar-refractivity contribution is 5.48. The van der Waals surface area contributed by atoms with Gasteiger partial charge in [-0.25, -0.2) is 9.97 Å². The number of anilines is 1. The monoisotopic (exact) mass is 361 g/mol. The first-order chi connectivity index (χ1) is 12.8. The van der Waals surface area contributed by atoms with E-state index in [0.717, 1.165) is 64.5 Å². The molecule has 3 rings (SSSR count). The van der Waals surface area contributed by atoms with Crippen molar-refractivity contribution in [1.82, 2.24) is 19.8 Å². The summed E-state index contributed by atoms with van der Waals surface area (Å²) in [6, 6.07) is 0. The fourth-order valence-electron chi connectivity index (χ4n) is 3.50. The number of unbranched alkanes of at least 4 members (excludes halogenated alkanes) is 2. The minimum atomic E-state index is 0.759. The van der Waals surface area contributed by atoms with Crippen molar-refractivity contribution in [3.8, 4) is 0 Å². The molecule has 0 N–H and O–H groups in total. The average molecular weight is 362 g/mol. The first kappa shape index (κ1) is 20.6. The van der Waals surface area contributed by atoms with E-state index < -0.39 is 0 Å². The minimum absolute atomic E-state index is 0.759. The van der Waals surface area contributed by atoms with Crippen molar-refractivity contribution in [2.45, 2.75) is 52.9 Å². The van der Waals surface area contributed by atoms with Gasteiger partial charge in [0, 0.05) is 51.9 Å². The lowest BCUT2D eigenvalue weighted by atomic mass is 10.1. The molecule has 2 aliphatic heterocycles. The first-order valence-corrected chi connectivity index (χ1v) is 10.3. The molecule has 0 aliphatic carbocycles. The van der Waals surface area contributed by atoms with Crippen LogP contribution in [-0.2, 0) is 17.6 Å². The summed E-state index contributed by atoms with van der Waals surface area (Å²) in [7, 11) is 0. The lowest BCUT2D eigenvalue weighted by molar-refractivity contribution is -0.118. The highest BCUT2D eigenvalue weighted by Gasteiger charge is 2.20. The van der Waals surface area contributed by atoms with Crippen molar-refractivity contribution >= 4 is 12.4 Å². The number of piperazine rings is 1. The Morgan fingerprint density at radius 1 is 1.04 bits per heavy atom. The number of hydrogen-bond acceptors (Lipinski definition) is 5. The van der Waals surface area contributed by atoms with Crippen molar-refractivity contribution in [1.29, 1.82) is 0 Å². The van der Waals surface area contributed by atoms with Crippen LogP contribution in [0.25, 0.3) is 0 Å². The summed E-state index contributed by atoms with van der Waals surface area (Å²) in [5.74, 6) is 0.832. The van der Waals surface area contributed by atoms with Crippen molar-refractivity contribution in [2.24, 2.45) is 0 Å². The second-order valence-corrected chi connectivity index (χ2v) is 6.82. The highest BCUT2D eigenvalue weighted by atomic mass is 16.1. The van der Waals surface area contributed by atoms with E-state index in [1.165, 1.54) is 37.1 Å². The summed E-state index contributed by atoms with van der Waals surface area (Å²) in [5, 5.41) is 0. The first-order valence-electron chi connectivity index (χ1n) is 10.3. The molecular weight excluding hydrogens is 326 g/mol. The summed E-state index contributed by atoms with van der Waals surface area (Å²) in [6.07, 6.45) is 8.93. The summed E-state index contributed by atoms with van der Waals surface area (Å²) < 4.78 is 0. The number of carbonyl (C=O) groups excluding carboxylic acids is 1. The maximum Gasteiger partial charge on any atom is 0.225 e. The Labute approximate surface area is 158 Å². The zero-order valence-corrected chi connectivity index (χ0v) is 16.8. The Hall–Kier alpha value is -1.69. The van der Waals surface area contributed by atoms with Crippen LogP contribution in [0.15, 0.2) is 6.20 Å². The van der Waals surface area contributed by atoms with Gasteiger partial charge in [-0.15, -0.1) is 0 Å². The number of carbonyl (C=O) groups is 1. The zero-order valence-electron chi connectivity index (χ0n) is 16.8. The third-order valence-electron chi connectivity index (χ3n) is 5.13. The number of nitrogens with zero attached hydrogens (tertiary/aromatic N) is 5. The normalized spacial score (nSPS) is 17.8. The van der Waals surface area contributed by atoms with Gasteiger partial charge in [-0.2, -0.15) is 0 Å². The summed E-state index contributed by atoms with van der Waals surface area (Å²) in [5.41, 5.74) is 2.53. The molecule has 0 atom stereocenters. The Balaban J connectivity index is 0.00000117. The Morgan fingerprint density at radius 2 is 1.77 bits per heavy atom. The van der Waals surface area contributed by atoms with Gasteiger partial charge >= 0.3 is 0 Å². The molecule has 2 aliphatic rings. The van der Waals surface area contributed by atoms with Crippen LogP contribution in [0.3, 0.4) is 0 Å². The van der Waals surface area contributed by atoms with E-state index in [4.69, 9.17) is 4.98 Å². The van der Waals surface area contributed by atoms with Crippen LogP contribution in [0.4, 0.5) is 5.95 Å². The van der Waals surface area contributed by atoms with Crippen LogP contribution >= 0.6 is 0 Å². The van der Waals surface area contributed by atoms with E-state index in [9.17, 15) is 4.79 Å². The molecule has 26 heavy (non-hydrogen) atoms. The Bertz CT molecular complexity index is 543. The molecule has 0 spiro atoms. The lowest BCUT2D eigenvalue weighted by Gasteiger charge is -2.32. The molecule has 0 radical (unpaired) electrons. The Kier molecular flexibility index (Phi) is 8.81. The van der Waals surface area contributed by atoms with Crippen LogP contribution < -0.4 is 4.90 Å². The maximum absolute atomic E-state index is 10.8. The number of aromatic nitrogens is 2. The van der Waals surface area contributed by atoms with Gasteiger partial charge < -0.3 is 14.7 Å². The molecule has 0 unspecified atom stereocenters. The van der Waals surface area contributed by atoms with Gasteiger partial charge in [-0.1, -0.05) is 33.6 Å². The van der Waals surface area contributed by atoms with Gasteiger partial charge in [0.25, 0.3) is 0 Å². The van der Waals surface area contributed by atoms with Gasteiger partial charge in [0.15, 0.2) is 0 Å². The van der Waals surface area contributed by atoms with E-state index in [1.54, 1.807) is 0 Å². The predicted octanol–water partition coefficient (Wildman–Crippen LogP) is 2.37.